The molecule has 3 rings (SSSR count). The van der Waals surface area contributed by atoms with E-state index in [1.165, 1.54) is 6.07 Å². The monoisotopic (exact) mass is 331 g/mol. The molecule has 0 saturated carbocycles. The number of benzene rings is 2. The lowest BCUT2D eigenvalue weighted by Gasteiger charge is -2.30. The molecule has 128 valence electrons. The zero-order chi connectivity index (χ0) is 17.1. The van der Waals surface area contributed by atoms with Gasteiger partial charge in [-0.15, -0.1) is 0 Å². The zero-order valence-corrected chi connectivity index (χ0v) is 13.9. The van der Waals surface area contributed by atoms with E-state index in [4.69, 9.17) is 9.47 Å². The van der Waals surface area contributed by atoms with Gasteiger partial charge in [0.2, 0.25) is 0 Å². The number of fused-ring (bicyclic) bond motifs is 1. The van der Waals surface area contributed by atoms with Crippen LogP contribution in [0.25, 0.3) is 0 Å². The fourth-order valence-electron chi connectivity index (χ4n) is 3.05. The number of aromatic hydroxyl groups is 1. The third kappa shape index (κ3) is 3.62. The van der Waals surface area contributed by atoms with Crippen molar-refractivity contribution in [3.63, 3.8) is 0 Å². The quantitative estimate of drug-likeness (QED) is 0.866. The summed E-state index contributed by atoms with van der Waals surface area (Å²) in [5, 5.41) is 13.1. The van der Waals surface area contributed by atoms with Crippen molar-refractivity contribution >= 4 is 0 Å². The smallest absolute Gasteiger partial charge is 0.127 e. The van der Waals surface area contributed by atoms with Gasteiger partial charge in [-0.25, -0.2) is 4.39 Å². The largest absolute Gasteiger partial charge is 0.508 e. The topological polar surface area (TPSA) is 50.7 Å². The Morgan fingerprint density at radius 2 is 2.17 bits per heavy atom. The first kappa shape index (κ1) is 16.6. The normalized spacial score (nSPS) is 17.7. The first-order chi connectivity index (χ1) is 11.6. The Morgan fingerprint density at radius 1 is 1.33 bits per heavy atom. The Kier molecular flexibility index (Phi) is 4.90. The van der Waals surface area contributed by atoms with Crippen LogP contribution in [0.4, 0.5) is 4.39 Å². The average Bonchev–Trinajstić information content (AvgIpc) is 2.55. The molecule has 4 nitrogen and oxygen atoms in total. The molecule has 0 bridgehead atoms. The molecule has 1 heterocycles. The molecule has 2 atom stereocenters. The highest BCUT2D eigenvalue weighted by Crippen LogP contribution is 2.36. The van der Waals surface area contributed by atoms with E-state index in [1.54, 1.807) is 6.07 Å². The molecule has 5 heteroatoms. The van der Waals surface area contributed by atoms with Crippen molar-refractivity contribution < 1.29 is 19.0 Å². The predicted octanol–water partition coefficient (Wildman–Crippen LogP) is 4.10. The van der Waals surface area contributed by atoms with Gasteiger partial charge >= 0.3 is 0 Å². The summed E-state index contributed by atoms with van der Waals surface area (Å²) < 4.78 is 24.8. The van der Waals surface area contributed by atoms with Crippen molar-refractivity contribution in [2.45, 2.75) is 32.4 Å². The van der Waals surface area contributed by atoms with Crippen LogP contribution in [0.1, 0.15) is 43.5 Å². The van der Waals surface area contributed by atoms with E-state index < -0.39 is 5.82 Å². The van der Waals surface area contributed by atoms with Crippen LogP contribution in [0.2, 0.25) is 0 Å². The molecular formula is C19H22FNO3. The summed E-state index contributed by atoms with van der Waals surface area (Å²) in [5.41, 5.74) is 1.75. The second-order valence-corrected chi connectivity index (χ2v) is 5.95. The van der Waals surface area contributed by atoms with Gasteiger partial charge in [0.15, 0.2) is 0 Å². The SMILES string of the molecule is CCOc1ccc2c(c1)C(NC(C)c1cc(O)cc(F)c1)CCO2. The van der Waals surface area contributed by atoms with Gasteiger partial charge in [0, 0.05) is 30.1 Å². The molecule has 2 unspecified atom stereocenters. The minimum absolute atomic E-state index is 0.0651. The van der Waals surface area contributed by atoms with Crippen molar-refractivity contribution in [2.24, 2.45) is 0 Å². The Bertz CT molecular complexity index is 700. The molecule has 0 amide bonds. The highest BCUT2D eigenvalue weighted by Gasteiger charge is 2.24. The third-order valence-electron chi connectivity index (χ3n) is 4.19. The average molecular weight is 331 g/mol. The van der Waals surface area contributed by atoms with Gasteiger partial charge < -0.3 is 19.9 Å². The van der Waals surface area contributed by atoms with Gasteiger partial charge in [0.25, 0.3) is 0 Å². The van der Waals surface area contributed by atoms with E-state index in [9.17, 15) is 9.50 Å². The van der Waals surface area contributed by atoms with Crippen LogP contribution >= 0.6 is 0 Å². The fourth-order valence-corrected chi connectivity index (χ4v) is 3.05. The number of nitrogens with one attached hydrogen (secondary N) is 1. The Hall–Kier alpha value is -2.27. The zero-order valence-electron chi connectivity index (χ0n) is 13.9. The lowest BCUT2D eigenvalue weighted by atomic mass is 9.98. The van der Waals surface area contributed by atoms with Crippen molar-refractivity contribution in [3.8, 4) is 17.2 Å². The standard InChI is InChI=1S/C19H22FNO3/c1-3-23-16-4-5-19-17(11-16)18(6-7-24-19)21-12(2)13-8-14(20)10-15(22)9-13/h4-5,8-12,18,21-22H,3,6-7H2,1-2H3. The third-order valence-corrected chi connectivity index (χ3v) is 4.19. The van der Waals surface area contributed by atoms with Gasteiger partial charge in [-0.2, -0.15) is 0 Å². The number of hydrogen-bond donors (Lipinski definition) is 2. The van der Waals surface area contributed by atoms with Crippen molar-refractivity contribution in [2.75, 3.05) is 13.2 Å². The maximum atomic E-state index is 13.5. The maximum absolute atomic E-state index is 13.5. The first-order valence-corrected chi connectivity index (χ1v) is 8.22. The molecule has 2 aromatic rings. The molecular weight excluding hydrogens is 309 g/mol. The van der Waals surface area contributed by atoms with E-state index in [1.807, 2.05) is 32.0 Å². The first-order valence-electron chi connectivity index (χ1n) is 8.22. The second kappa shape index (κ2) is 7.09. The van der Waals surface area contributed by atoms with E-state index in [-0.39, 0.29) is 17.8 Å². The van der Waals surface area contributed by atoms with Gasteiger partial charge in [-0.3, -0.25) is 0 Å². The molecule has 1 aliphatic heterocycles. The maximum Gasteiger partial charge on any atom is 0.127 e. The molecule has 0 saturated heterocycles. The van der Waals surface area contributed by atoms with Crippen LogP contribution in [0, 0.1) is 5.82 Å². The summed E-state index contributed by atoms with van der Waals surface area (Å²) >= 11 is 0. The number of phenols is 1. The van der Waals surface area contributed by atoms with Crippen LogP contribution < -0.4 is 14.8 Å². The van der Waals surface area contributed by atoms with Crippen molar-refractivity contribution in [1.82, 2.24) is 5.32 Å². The number of hydrogen-bond acceptors (Lipinski definition) is 4. The van der Waals surface area contributed by atoms with E-state index >= 15 is 0 Å². The lowest BCUT2D eigenvalue weighted by molar-refractivity contribution is 0.244. The molecule has 0 fully saturated rings. The molecule has 0 spiro atoms. The van der Waals surface area contributed by atoms with Crippen molar-refractivity contribution in [3.05, 3.63) is 53.3 Å². The number of halogens is 1. The predicted molar refractivity (Wildman–Crippen MR) is 90.1 cm³/mol. The molecule has 2 aromatic carbocycles. The van der Waals surface area contributed by atoms with Crippen LogP contribution in [0.3, 0.4) is 0 Å². The minimum atomic E-state index is -0.440. The molecule has 1 aliphatic rings. The van der Waals surface area contributed by atoms with Crippen LogP contribution in [0.15, 0.2) is 36.4 Å². The van der Waals surface area contributed by atoms with Gasteiger partial charge in [0.05, 0.1) is 13.2 Å². The summed E-state index contributed by atoms with van der Waals surface area (Å²) in [4.78, 5) is 0. The molecule has 0 aliphatic carbocycles. The highest BCUT2D eigenvalue weighted by molar-refractivity contribution is 5.43. The molecule has 2 N–H and O–H groups in total. The van der Waals surface area contributed by atoms with E-state index in [0.717, 1.165) is 29.5 Å². The highest BCUT2D eigenvalue weighted by atomic mass is 19.1. The van der Waals surface area contributed by atoms with Gasteiger partial charge in [0.1, 0.15) is 23.1 Å². The lowest BCUT2D eigenvalue weighted by Crippen LogP contribution is -2.29. The van der Waals surface area contributed by atoms with Crippen LogP contribution in [-0.2, 0) is 0 Å². The number of phenolic OH excluding ortho intramolecular Hbond substituents is 1. The molecule has 24 heavy (non-hydrogen) atoms. The number of rotatable bonds is 5. The minimum Gasteiger partial charge on any atom is -0.508 e. The Balaban J connectivity index is 1.82. The molecule has 0 radical (unpaired) electrons. The van der Waals surface area contributed by atoms with Crippen LogP contribution in [-0.4, -0.2) is 18.3 Å². The summed E-state index contributed by atoms with van der Waals surface area (Å²) in [6.07, 6.45) is 0.814. The summed E-state index contributed by atoms with van der Waals surface area (Å²) in [6.45, 7) is 5.14. The number of ether oxygens (including phenoxy) is 2. The Morgan fingerprint density at radius 3 is 2.92 bits per heavy atom. The van der Waals surface area contributed by atoms with Gasteiger partial charge in [-0.1, -0.05) is 0 Å². The summed E-state index contributed by atoms with van der Waals surface area (Å²) in [6, 6.07) is 9.91. The van der Waals surface area contributed by atoms with Crippen molar-refractivity contribution in [1.29, 1.82) is 0 Å². The molecule has 0 aromatic heterocycles. The van der Waals surface area contributed by atoms with Gasteiger partial charge in [-0.05, 0) is 49.7 Å². The summed E-state index contributed by atoms with van der Waals surface area (Å²) in [7, 11) is 0. The second-order valence-electron chi connectivity index (χ2n) is 5.95. The summed E-state index contributed by atoms with van der Waals surface area (Å²) in [5.74, 6) is 1.15. The van der Waals surface area contributed by atoms with E-state index in [2.05, 4.69) is 5.32 Å². The fraction of sp³-hybridized carbons (Fsp3) is 0.368. The van der Waals surface area contributed by atoms with E-state index in [0.29, 0.717) is 18.8 Å². The Labute approximate surface area is 141 Å². The van der Waals surface area contributed by atoms with Crippen LogP contribution in [0.5, 0.6) is 17.2 Å².